The molecule has 1 aliphatic heterocycles. The first kappa shape index (κ1) is 20.1. The molecule has 0 aromatic heterocycles. The van der Waals surface area contributed by atoms with Gasteiger partial charge in [-0.3, -0.25) is 14.9 Å². The van der Waals surface area contributed by atoms with Gasteiger partial charge in [-0.2, -0.15) is 13.2 Å². The van der Waals surface area contributed by atoms with Crippen molar-refractivity contribution in [3.05, 3.63) is 48.0 Å². The molecule has 0 spiro atoms. The number of nitrogens with one attached hydrogen (secondary N) is 1. The summed E-state index contributed by atoms with van der Waals surface area (Å²) in [6, 6.07) is 9.76. The van der Waals surface area contributed by atoms with Crippen molar-refractivity contribution in [2.75, 3.05) is 13.7 Å². The average molecular weight is 395 g/mol. The zero-order valence-corrected chi connectivity index (χ0v) is 15.3. The Kier molecular flexibility index (Phi) is 5.60. The van der Waals surface area contributed by atoms with Crippen LogP contribution < -0.4 is 5.32 Å². The molecule has 8 heteroatoms. The van der Waals surface area contributed by atoms with Gasteiger partial charge in [0, 0.05) is 6.04 Å². The molecule has 3 rings (SSSR count). The Labute approximate surface area is 159 Å². The Bertz CT molecular complexity index is 883. The van der Waals surface area contributed by atoms with Crippen LogP contribution in [0, 0.1) is 11.8 Å². The van der Waals surface area contributed by atoms with E-state index in [2.05, 4.69) is 10.1 Å². The fourth-order valence-electron chi connectivity index (χ4n) is 3.78. The minimum Gasteiger partial charge on any atom is -0.468 e. The smallest absolute Gasteiger partial charge is 0.394 e. The summed E-state index contributed by atoms with van der Waals surface area (Å²) in [6.07, 6.45) is -4.80. The first-order valence-electron chi connectivity index (χ1n) is 8.83. The number of rotatable bonds is 4. The van der Waals surface area contributed by atoms with Crippen molar-refractivity contribution in [2.45, 2.75) is 25.2 Å². The second-order valence-corrected chi connectivity index (χ2v) is 6.60. The largest absolute Gasteiger partial charge is 0.468 e. The summed E-state index contributed by atoms with van der Waals surface area (Å²) in [6.45, 7) is 1.46. The maximum absolute atomic E-state index is 13.8. The molecule has 0 aliphatic carbocycles. The van der Waals surface area contributed by atoms with Gasteiger partial charge in [-0.25, -0.2) is 0 Å². The fourth-order valence-corrected chi connectivity index (χ4v) is 3.78. The molecule has 0 unspecified atom stereocenters. The van der Waals surface area contributed by atoms with Crippen molar-refractivity contribution in [1.29, 1.82) is 0 Å². The van der Waals surface area contributed by atoms with Gasteiger partial charge in [0.25, 0.3) is 0 Å². The lowest BCUT2D eigenvalue weighted by atomic mass is 9.83. The number of alkyl halides is 3. The third-order valence-corrected chi connectivity index (χ3v) is 4.99. The zero-order valence-electron chi connectivity index (χ0n) is 15.3. The van der Waals surface area contributed by atoms with Gasteiger partial charge in [-0.05, 0) is 29.3 Å². The lowest BCUT2D eigenvalue weighted by Crippen LogP contribution is -2.45. The van der Waals surface area contributed by atoms with Crippen LogP contribution in [0.4, 0.5) is 13.2 Å². The number of ether oxygens (including phenoxy) is 2. The lowest BCUT2D eigenvalue weighted by Gasteiger charge is -2.25. The second-order valence-electron chi connectivity index (χ2n) is 6.60. The molecule has 1 fully saturated rings. The Morgan fingerprint density at radius 2 is 1.75 bits per heavy atom. The SMILES string of the molecule is CCOC(=O)[C@H]1[C@@H](C(F)(F)F)[C@H](C(=O)OC)N[C@@H]1c1ccc2ccccc2c1. The van der Waals surface area contributed by atoms with Crippen molar-refractivity contribution >= 4 is 22.7 Å². The highest BCUT2D eigenvalue weighted by atomic mass is 19.4. The second kappa shape index (κ2) is 7.79. The standard InChI is InChI=1S/C20H20F3NO4/c1-3-28-18(25)14-15(20(21,22)23)17(19(26)27-2)24-16(14)13-9-8-11-6-4-5-7-12(11)10-13/h4-10,14-17,24H,3H2,1-2H3/t14-,15+,16+,17+/m0/s1. The van der Waals surface area contributed by atoms with Crippen LogP contribution >= 0.6 is 0 Å². The quantitative estimate of drug-likeness (QED) is 0.804. The Morgan fingerprint density at radius 3 is 2.36 bits per heavy atom. The molecule has 150 valence electrons. The fraction of sp³-hybridized carbons (Fsp3) is 0.400. The monoisotopic (exact) mass is 395 g/mol. The number of hydrogen-bond acceptors (Lipinski definition) is 5. The van der Waals surface area contributed by atoms with Gasteiger partial charge in [0.15, 0.2) is 0 Å². The van der Waals surface area contributed by atoms with Crippen LogP contribution in [0.1, 0.15) is 18.5 Å². The predicted octanol–water partition coefficient (Wildman–Crippen LogP) is 3.38. The first-order valence-corrected chi connectivity index (χ1v) is 8.83. The maximum Gasteiger partial charge on any atom is 0.394 e. The summed E-state index contributed by atoms with van der Waals surface area (Å²) >= 11 is 0. The van der Waals surface area contributed by atoms with E-state index in [0.29, 0.717) is 5.56 Å². The molecule has 2 aromatic rings. The van der Waals surface area contributed by atoms with Gasteiger partial charge in [0.1, 0.15) is 6.04 Å². The number of esters is 2. The molecule has 5 nitrogen and oxygen atoms in total. The van der Waals surface area contributed by atoms with E-state index in [1.165, 1.54) is 6.92 Å². The molecule has 1 heterocycles. The van der Waals surface area contributed by atoms with Crippen molar-refractivity contribution < 1.29 is 32.2 Å². The molecule has 0 bridgehead atoms. The Morgan fingerprint density at radius 1 is 1.07 bits per heavy atom. The van der Waals surface area contributed by atoms with Crippen LogP contribution in [-0.4, -0.2) is 37.9 Å². The normalized spacial score (nSPS) is 24.9. The number of carbonyl (C=O) groups is 2. The van der Waals surface area contributed by atoms with E-state index in [9.17, 15) is 22.8 Å². The van der Waals surface area contributed by atoms with Gasteiger partial charge < -0.3 is 9.47 Å². The van der Waals surface area contributed by atoms with E-state index in [4.69, 9.17) is 4.74 Å². The summed E-state index contributed by atoms with van der Waals surface area (Å²) in [5.41, 5.74) is 0.470. The molecule has 28 heavy (non-hydrogen) atoms. The van der Waals surface area contributed by atoms with E-state index in [0.717, 1.165) is 17.9 Å². The minimum absolute atomic E-state index is 0.0623. The molecule has 4 atom stereocenters. The summed E-state index contributed by atoms with van der Waals surface area (Å²) in [7, 11) is 1.01. The van der Waals surface area contributed by atoms with Gasteiger partial charge in [-0.1, -0.05) is 36.4 Å². The number of halogens is 3. The van der Waals surface area contributed by atoms with Gasteiger partial charge in [0.05, 0.1) is 25.6 Å². The third kappa shape index (κ3) is 3.69. The highest BCUT2D eigenvalue weighted by molar-refractivity contribution is 5.85. The molecule has 2 aromatic carbocycles. The van der Waals surface area contributed by atoms with Crippen LogP contribution in [0.15, 0.2) is 42.5 Å². The Hall–Kier alpha value is -2.61. The van der Waals surface area contributed by atoms with Crippen molar-refractivity contribution in [3.8, 4) is 0 Å². The highest BCUT2D eigenvalue weighted by Gasteiger charge is 2.62. The molecule has 0 saturated carbocycles. The summed E-state index contributed by atoms with van der Waals surface area (Å²) in [5, 5.41) is 4.40. The molecule has 1 N–H and O–H groups in total. The van der Waals surface area contributed by atoms with Crippen LogP contribution in [0.5, 0.6) is 0 Å². The van der Waals surface area contributed by atoms with Crippen molar-refractivity contribution in [2.24, 2.45) is 11.8 Å². The zero-order chi connectivity index (χ0) is 20.5. The highest BCUT2D eigenvalue weighted by Crippen LogP contribution is 2.47. The predicted molar refractivity (Wildman–Crippen MR) is 95.3 cm³/mol. The number of benzene rings is 2. The van der Waals surface area contributed by atoms with Crippen LogP contribution in [-0.2, 0) is 19.1 Å². The van der Waals surface area contributed by atoms with E-state index in [1.807, 2.05) is 24.3 Å². The third-order valence-electron chi connectivity index (χ3n) is 4.99. The maximum atomic E-state index is 13.8. The van der Waals surface area contributed by atoms with Crippen LogP contribution in [0.25, 0.3) is 10.8 Å². The van der Waals surface area contributed by atoms with Crippen LogP contribution in [0.2, 0.25) is 0 Å². The molecule has 0 radical (unpaired) electrons. The van der Waals surface area contributed by atoms with Crippen molar-refractivity contribution in [1.82, 2.24) is 5.32 Å². The van der Waals surface area contributed by atoms with Crippen LogP contribution in [0.3, 0.4) is 0 Å². The minimum atomic E-state index is -4.80. The number of carbonyl (C=O) groups excluding carboxylic acids is 2. The Balaban J connectivity index is 2.10. The van der Waals surface area contributed by atoms with E-state index < -0.39 is 42.0 Å². The molecule has 0 amide bonds. The topological polar surface area (TPSA) is 64.6 Å². The molecular formula is C20H20F3NO4. The van der Waals surface area contributed by atoms with Gasteiger partial charge in [0.2, 0.25) is 0 Å². The van der Waals surface area contributed by atoms with Crippen molar-refractivity contribution in [3.63, 3.8) is 0 Å². The summed E-state index contributed by atoms with van der Waals surface area (Å²) in [4.78, 5) is 24.5. The summed E-state index contributed by atoms with van der Waals surface area (Å²) < 4.78 is 51.0. The number of hydrogen-bond donors (Lipinski definition) is 1. The van der Waals surface area contributed by atoms with Gasteiger partial charge in [-0.15, -0.1) is 0 Å². The van der Waals surface area contributed by atoms with E-state index in [-0.39, 0.29) is 6.61 Å². The first-order chi connectivity index (χ1) is 13.3. The lowest BCUT2D eigenvalue weighted by molar-refractivity contribution is -0.200. The van der Waals surface area contributed by atoms with E-state index in [1.54, 1.807) is 18.2 Å². The average Bonchev–Trinajstić information content (AvgIpc) is 3.08. The van der Waals surface area contributed by atoms with E-state index >= 15 is 0 Å². The molecule has 1 aliphatic rings. The summed E-state index contributed by atoms with van der Waals surface area (Å²) in [5.74, 6) is -5.93. The molecular weight excluding hydrogens is 375 g/mol. The van der Waals surface area contributed by atoms with Gasteiger partial charge >= 0.3 is 18.1 Å². The number of methoxy groups -OCH3 is 1. The molecule has 1 saturated heterocycles. The number of fused-ring (bicyclic) bond motifs is 1.